The van der Waals surface area contributed by atoms with Crippen molar-refractivity contribution in [2.45, 2.75) is 11.8 Å². The standard InChI is InChI=1S/C18H19Cl2NO4S/c1-5-10-21(13-11-12(2)6-7-14(13)24-3)26(22,23)16-9-8-15(25-4)17(19)18(16)20/h5-9,11H,1,10H2,2-4H3. The molecule has 0 bridgehead atoms. The van der Waals surface area contributed by atoms with Crippen LogP contribution in [0.25, 0.3) is 0 Å². The van der Waals surface area contributed by atoms with Crippen molar-refractivity contribution in [3.63, 3.8) is 0 Å². The number of halogens is 2. The summed E-state index contributed by atoms with van der Waals surface area (Å²) in [4.78, 5) is -0.129. The minimum Gasteiger partial charge on any atom is -0.495 e. The molecule has 26 heavy (non-hydrogen) atoms. The molecule has 0 saturated heterocycles. The summed E-state index contributed by atoms with van der Waals surface area (Å²) < 4.78 is 38.2. The van der Waals surface area contributed by atoms with Crippen LogP contribution in [0.2, 0.25) is 10.0 Å². The Labute approximate surface area is 163 Å². The quantitative estimate of drug-likeness (QED) is 0.614. The van der Waals surface area contributed by atoms with Gasteiger partial charge in [-0.1, -0.05) is 35.3 Å². The Hall–Kier alpha value is -1.89. The largest absolute Gasteiger partial charge is 0.495 e. The van der Waals surface area contributed by atoms with Gasteiger partial charge in [0.25, 0.3) is 10.0 Å². The average molecular weight is 416 g/mol. The third-order valence-corrected chi connectivity index (χ3v) is 6.50. The zero-order chi connectivity index (χ0) is 19.5. The van der Waals surface area contributed by atoms with Gasteiger partial charge in [0.15, 0.2) is 0 Å². The number of hydrogen-bond donors (Lipinski definition) is 0. The maximum absolute atomic E-state index is 13.3. The number of anilines is 1. The van der Waals surface area contributed by atoms with Crippen LogP contribution >= 0.6 is 23.2 Å². The van der Waals surface area contributed by atoms with E-state index in [1.807, 2.05) is 13.0 Å². The maximum atomic E-state index is 13.3. The molecule has 2 aromatic carbocycles. The minimum atomic E-state index is -4.03. The van der Waals surface area contributed by atoms with E-state index in [1.165, 1.54) is 36.7 Å². The molecule has 5 nitrogen and oxygen atoms in total. The molecule has 0 aliphatic rings. The highest BCUT2D eigenvalue weighted by molar-refractivity contribution is 7.93. The lowest BCUT2D eigenvalue weighted by Crippen LogP contribution is -2.32. The van der Waals surface area contributed by atoms with E-state index >= 15 is 0 Å². The smallest absolute Gasteiger partial charge is 0.266 e. The van der Waals surface area contributed by atoms with E-state index in [4.69, 9.17) is 32.7 Å². The summed E-state index contributed by atoms with van der Waals surface area (Å²) in [5.74, 6) is 0.704. The maximum Gasteiger partial charge on any atom is 0.266 e. The van der Waals surface area contributed by atoms with Crippen molar-refractivity contribution in [2.24, 2.45) is 0 Å². The van der Waals surface area contributed by atoms with Crippen molar-refractivity contribution in [3.05, 3.63) is 58.6 Å². The number of ether oxygens (including phenoxy) is 2. The summed E-state index contributed by atoms with van der Waals surface area (Å²) >= 11 is 12.4. The molecule has 0 spiro atoms. The molecule has 0 N–H and O–H groups in total. The fourth-order valence-electron chi connectivity index (χ4n) is 2.43. The lowest BCUT2D eigenvalue weighted by Gasteiger charge is -2.26. The molecule has 0 atom stereocenters. The highest BCUT2D eigenvalue weighted by Crippen LogP contribution is 2.40. The van der Waals surface area contributed by atoms with Gasteiger partial charge in [-0.15, -0.1) is 6.58 Å². The van der Waals surface area contributed by atoms with Gasteiger partial charge in [-0.3, -0.25) is 4.31 Å². The molecule has 0 heterocycles. The van der Waals surface area contributed by atoms with E-state index in [-0.39, 0.29) is 21.5 Å². The fraction of sp³-hybridized carbons (Fsp3) is 0.222. The van der Waals surface area contributed by atoms with E-state index in [0.717, 1.165) is 5.56 Å². The number of rotatable bonds is 7. The summed E-state index contributed by atoms with van der Waals surface area (Å²) in [7, 11) is -1.13. The second kappa shape index (κ2) is 8.20. The van der Waals surface area contributed by atoms with Gasteiger partial charge in [-0.2, -0.15) is 0 Å². The highest BCUT2D eigenvalue weighted by Gasteiger charge is 2.30. The van der Waals surface area contributed by atoms with Crippen LogP contribution in [0.3, 0.4) is 0 Å². The first-order valence-corrected chi connectivity index (χ1v) is 9.77. The van der Waals surface area contributed by atoms with Crippen LogP contribution < -0.4 is 13.8 Å². The van der Waals surface area contributed by atoms with Crippen LogP contribution in [0.15, 0.2) is 47.9 Å². The van der Waals surface area contributed by atoms with Gasteiger partial charge in [-0.25, -0.2) is 8.42 Å². The number of methoxy groups -OCH3 is 2. The van der Waals surface area contributed by atoms with Gasteiger partial charge in [0.05, 0.1) is 31.5 Å². The molecule has 0 saturated carbocycles. The average Bonchev–Trinajstić information content (AvgIpc) is 2.61. The molecule has 0 unspecified atom stereocenters. The minimum absolute atomic E-state index is 0.0299. The number of benzene rings is 2. The van der Waals surface area contributed by atoms with Crippen LogP contribution in [-0.4, -0.2) is 29.2 Å². The fourth-order valence-corrected chi connectivity index (χ4v) is 4.68. The van der Waals surface area contributed by atoms with E-state index in [1.54, 1.807) is 12.1 Å². The molecular weight excluding hydrogens is 397 g/mol. The molecule has 0 fully saturated rings. The van der Waals surface area contributed by atoms with Crippen LogP contribution in [0, 0.1) is 6.92 Å². The first-order chi connectivity index (χ1) is 12.3. The highest BCUT2D eigenvalue weighted by atomic mass is 35.5. The molecule has 0 aliphatic heterocycles. The van der Waals surface area contributed by atoms with Crippen molar-refractivity contribution in [3.8, 4) is 11.5 Å². The van der Waals surface area contributed by atoms with Crippen molar-refractivity contribution < 1.29 is 17.9 Å². The van der Waals surface area contributed by atoms with E-state index < -0.39 is 10.0 Å². The summed E-state index contributed by atoms with van der Waals surface area (Å²) in [6.45, 7) is 5.54. The lowest BCUT2D eigenvalue weighted by atomic mass is 10.2. The number of sulfonamides is 1. The Morgan fingerprint density at radius 3 is 2.27 bits per heavy atom. The Bertz CT molecular complexity index is 929. The summed E-state index contributed by atoms with van der Waals surface area (Å²) in [6, 6.07) is 8.08. The number of hydrogen-bond acceptors (Lipinski definition) is 4. The Kier molecular flexibility index (Phi) is 6.44. The third kappa shape index (κ3) is 3.77. The molecular formula is C18H19Cl2NO4S. The first kappa shape index (κ1) is 20.4. The number of aryl methyl sites for hydroxylation is 1. The summed E-state index contributed by atoms with van der Waals surface area (Å²) in [5.41, 5.74) is 1.26. The van der Waals surface area contributed by atoms with E-state index in [2.05, 4.69) is 6.58 Å². The molecule has 8 heteroatoms. The topological polar surface area (TPSA) is 55.8 Å². The molecule has 140 valence electrons. The van der Waals surface area contributed by atoms with Gasteiger partial charge in [-0.05, 0) is 36.8 Å². The molecule has 2 aromatic rings. The molecule has 0 aromatic heterocycles. The number of nitrogens with zero attached hydrogens (tertiary/aromatic N) is 1. The normalized spacial score (nSPS) is 11.1. The second-order valence-electron chi connectivity index (χ2n) is 5.39. The van der Waals surface area contributed by atoms with Crippen molar-refractivity contribution in [2.75, 3.05) is 25.1 Å². The van der Waals surface area contributed by atoms with Gasteiger partial charge >= 0.3 is 0 Å². The second-order valence-corrected chi connectivity index (χ2v) is 7.98. The van der Waals surface area contributed by atoms with Crippen molar-refractivity contribution >= 4 is 38.9 Å². The van der Waals surface area contributed by atoms with Crippen molar-refractivity contribution in [1.82, 2.24) is 0 Å². The molecule has 2 rings (SSSR count). The molecule has 0 radical (unpaired) electrons. The molecule has 0 aliphatic carbocycles. The SMILES string of the molecule is C=CCN(c1cc(C)ccc1OC)S(=O)(=O)c1ccc(OC)c(Cl)c1Cl. The first-order valence-electron chi connectivity index (χ1n) is 7.58. The zero-order valence-corrected chi connectivity index (χ0v) is 17.0. The third-order valence-electron chi connectivity index (χ3n) is 3.70. The predicted molar refractivity (Wildman–Crippen MR) is 105 cm³/mol. The van der Waals surface area contributed by atoms with Gasteiger partial charge < -0.3 is 9.47 Å². The van der Waals surface area contributed by atoms with E-state index in [0.29, 0.717) is 17.2 Å². The zero-order valence-electron chi connectivity index (χ0n) is 14.6. The Balaban J connectivity index is 2.69. The summed E-state index contributed by atoms with van der Waals surface area (Å²) in [5, 5.41) is -0.0725. The monoisotopic (exact) mass is 415 g/mol. The van der Waals surface area contributed by atoms with Crippen molar-refractivity contribution in [1.29, 1.82) is 0 Å². The van der Waals surface area contributed by atoms with E-state index in [9.17, 15) is 8.42 Å². The van der Waals surface area contributed by atoms with Gasteiger partial charge in [0.2, 0.25) is 0 Å². The van der Waals surface area contributed by atoms with Crippen LogP contribution in [0.5, 0.6) is 11.5 Å². The predicted octanol–water partition coefficient (Wildman–Crippen LogP) is 4.70. The van der Waals surface area contributed by atoms with Gasteiger partial charge in [0, 0.05) is 0 Å². The van der Waals surface area contributed by atoms with Crippen LogP contribution in [-0.2, 0) is 10.0 Å². The summed E-state index contributed by atoms with van der Waals surface area (Å²) in [6.07, 6.45) is 1.48. The van der Waals surface area contributed by atoms with Crippen LogP contribution in [0.1, 0.15) is 5.56 Å². The lowest BCUT2D eigenvalue weighted by molar-refractivity contribution is 0.414. The molecule has 0 amide bonds. The Morgan fingerprint density at radius 1 is 1.08 bits per heavy atom. The van der Waals surface area contributed by atoms with Crippen LogP contribution in [0.4, 0.5) is 5.69 Å². The van der Waals surface area contributed by atoms with Gasteiger partial charge in [0.1, 0.15) is 21.4 Å². The Morgan fingerprint density at radius 2 is 1.69 bits per heavy atom.